The zero-order valence-corrected chi connectivity index (χ0v) is 15.2. The van der Waals surface area contributed by atoms with E-state index in [1.165, 1.54) is 13.2 Å². The summed E-state index contributed by atoms with van der Waals surface area (Å²) in [6.45, 7) is 7.38. The largest absolute Gasteiger partial charge is 0.490 e. The molecule has 0 spiro atoms. The SMILES string of the molecule is C=C(C)[C@H](O)[C@@H](O)CC(C)=CCOc1ccc2ccc(=O)oc2c1OC. The summed E-state index contributed by atoms with van der Waals surface area (Å²) in [7, 11) is 1.48. The highest BCUT2D eigenvalue weighted by Crippen LogP contribution is 2.34. The number of benzene rings is 1. The molecule has 0 aliphatic carbocycles. The van der Waals surface area contributed by atoms with Crippen molar-refractivity contribution in [1.82, 2.24) is 0 Å². The molecule has 1 aromatic heterocycles. The van der Waals surface area contributed by atoms with Crippen LogP contribution in [0.4, 0.5) is 0 Å². The van der Waals surface area contributed by atoms with Crippen LogP contribution in [0, 0.1) is 0 Å². The molecule has 2 aromatic rings. The molecule has 2 atom stereocenters. The summed E-state index contributed by atoms with van der Waals surface area (Å²) in [5.74, 6) is 0.796. The van der Waals surface area contributed by atoms with Crippen molar-refractivity contribution in [3.63, 3.8) is 0 Å². The predicted molar refractivity (Wildman–Crippen MR) is 99.7 cm³/mol. The fraction of sp³-hybridized carbons (Fsp3) is 0.350. The van der Waals surface area contributed by atoms with Gasteiger partial charge in [-0.25, -0.2) is 4.79 Å². The van der Waals surface area contributed by atoms with E-state index >= 15 is 0 Å². The Balaban J connectivity index is 2.09. The Morgan fingerprint density at radius 2 is 1.96 bits per heavy atom. The van der Waals surface area contributed by atoms with E-state index in [0.29, 0.717) is 29.1 Å². The number of aliphatic hydroxyl groups excluding tert-OH is 2. The number of ether oxygens (including phenoxy) is 2. The molecule has 140 valence electrons. The second kappa shape index (κ2) is 8.69. The summed E-state index contributed by atoms with van der Waals surface area (Å²) in [6.07, 6.45) is 0.247. The number of hydrogen-bond donors (Lipinski definition) is 2. The van der Waals surface area contributed by atoms with Crippen molar-refractivity contribution in [2.75, 3.05) is 13.7 Å². The van der Waals surface area contributed by atoms with Crippen molar-refractivity contribution in [2.24, 2.45) is 0 Å². The summed E-state index contributed by atoms with van der Waals surface area (Å²) in [5.41, 5.74) is 1.25. The van der Waals surface area contributed by atoms with Crippen molar-refractivity contribution in [3.8, 4) is 11.5 Å². The summed E-state index contributed by atoms with van der Waals surface area (Å²) < 4.78 is 16.3. The number of rotatable bonds is 8. The standard InChI is InChI=1S/C20H24O6/c1-12(2)18(23)15(21)11-13(3)9-10-25-16-7-5-14-6-8-17(22)26-19(14)20(16)24-4/h5-9,15,18,21,23H,1,10-11H2,2-4H3/t15-,18-/m0/s1. The van der Waals surface area contributed by atoms with Gasteiger partial charge in [0.15, 0.2) is 11.3 Å². The number of hydrogen-bond acceptors (Lipinski definition) is 6. The van der Waals surface area contributed by atoms with Crippen LogP contribution in [0.15, 0.2) is 57.3 Å². The van der Waals surface area contributed by atoms with Gasteiger partial charge in [0.1, 0.15) is 12.7 Å². The molecule has 2 N–H and O–H groups in total. The Bertz CT molecular complexity index is 864. The van der Waals surface area contributed by atoms with Crippen molar-refractivity contribution < 1.29 is 24.1 Å². The van der Waals surface area contributed by atoms with E-state index in [9.17, 15) is 15.0 Å². The molecule has 0 saturated heterocycles. The zero-order valence-electron chi connectivity index (χ0n) is 15.2. The molecule has 26 heavy (non-hydrogen) atoms. The number of methoxy groups -OCH3 is 1. The third-order valence-electron chi connectivity index (χ3n) is 3.98. The maximum Gasteiger partial charge on any atom is 0.336 e. The molecular formula is C20H24O6. The summed E-state index contributed by atoms with van der Waals surface area (Å²) in [5, 5.41) is 20.5. The Morgan fingerprint density at radius 3 is 2.62 bits per heavy atom. The average molecular weight is 360 g/mol. The first-order valence-electron chi connectivity index (χ1n) is 8.24. The van der Waals surface area contributed by atoms with E-state index in [2.05, 4.69) is 6.58 Å². The van der Waals surface area contributed by atoms with Gasteiger partial charge in [-0.1, -0.05) is 12.2 Å². The summed E-state index contributed by atoms with van der Waals surface area (Å²) in [4.78, 5) is 11.4. The van der Waals surface area contributed by atoms with Crippen molar-refractivity contribution in [3.05, 3.63) is 58.5 Å². The molecule has 0 saturated carbocycles. The van der Waals surface area contributed by atoms with Gasteiger partial charge in [0.25, 0.3) is 0 Å². The minimum atomic E-state index is -0.956. The van der Waals surface area contributed by atoms with Crippen LogP contribution in [0.25, 0.3) is 11.0 Å². The van der Waals surface area contributed by atoms with Crippen molar-refractivity contribution >= 4 is 11.0 Å². The smallest absolute Gasteiger partial charge is 0.336 e. The lowest BCUT2D eigenvalue weighted by Gasteiger charge is -2.18. The summed E-state index contributed by atoms with van der Waals surface area (Å²) in [6, 6.07) is 6.52. The molecule has 6 heteroatoms. The Morgan fingerprint density at radius 1 is 1.27 bits per heavy atom. The van der Waals surface area contributed by atoms with E-state index in [1.807, 2.05) is 6.92 Å². The fourth-order valence-corrected chi connectivity index (χ4v) is 2.52. The second-order valence-electron chi connectivity index (χ2n) is 6.19. The Hall–Kier alpha value is -2.57. The van der Waals surface area contributed by atoms with Gasteiger partial charge in [0, 0.05) is 11.5 Å². The molecule has 0 radical (unpaired) electrons. The van der Waals surface area contributed by atoms with Crippen LogP contribution in [0.1, 0.15) is 20.3 Å². The van der Waals surface area contributed by atoms with Gasteiger partial charge < -0.3 is 24.1 Å². The molecule has 1 aromatic carbocycles. The minimum Gasteiger partial charge on any atom is -0.490 e. The van der Waals surface area contributed by atoms with E-state index in [1.54, 1.807) is 31.2 Å². The first-order chi connectivity index (χ1) is 12.3. The van der Waals surface area contributed by atoms with Crippen LogP contribution in [0.2, 0.25) is 0 Å². The lowest BCUT2D eigenvalue weighted by atomic mass is 10.0. The van der Waals surface area contributed by atoms with Crippen LogP contribution in [0.5, 0.6) is 11.5 Å². The lowest BCUT2D eigenvalue weighted by Crippen LogP contribution is -2.26. The van der Waals surface area contributed by atoms with Gasteiger partial charge in [-0.05, 0) is 50.1 Å². The van der Waals surface area contributed by atoms with Gasteiger partial charge in [0.05, 0.1) is 13.2 Å². The second-order valence-corrected chi connectivity index (χ2v) is 6.19. The van der Waals surface area contributed by atoms with Crippen LogP contribution in [-0.4, -0.2) is 36.1 Å². The Kier molecular flexibility index (Phi) is 6.60. The highest BCUT2D eigenvalue weighted by Gasteiger charge is 2.17. The predicted octanol–water partition coefficient (Wildman–Crippen LogP) is 2.81. The maximum absolute atomic E-state index is 11.4. The topological polar surface area (TPSA) is 89.1 Å². The Labute approximate surface area is 152 Å². The zero-order chi connectivity index (χ0) is 19.3. The molecule has 0 fully saturated rings. The monoisotopic (exact) mass is 360 g/mol. The third kappa shape index (κ3) is 4.74. The van der Waals surface area contributed by atoms with E-state index in [4.69, 9.17) is 13.9 Å². The average Bonchev–Trinajstić information content (AvgIpc) is 2.60. The van der Waals surface area contributed by atoms with Crippen LogP contribution in [0.3, 0.4) is 0 Å². The van der Waals surface area contributed by atoms with Crippen LogP contribution < -0.4 is 15.1 Å². The quantitative estimate of drug-likeness (QED) is 0.556. The van der Waals surface area contributed by atoms with Gasteiger partial charge in [0.2, 0.25) is 5.75 Å². The molecule has 0 bridgehead atoms. The first-order valence-corrected chi connectivity index (χ1v) is 8.24. The molecule has 2 rings (SSSR count). The number of aliphatic hydroxyl groups is 2. The van der Waals surface area contributed by atoms with Crippen molar-refractivity contribution in [1.29, 1.82) is 0 Å². The highest BCUT2D eigenvalue weighted by atomic mass is 16.5. The molecule has 0 amide bonds. The van der Waals surface area contributed by atoms with Crippen molar-refractivity contribution in [2.45, 2.75) is 32.5 Å². The highest BCUT2D eigenvalue weighted by molar-refractivity contribution is 5.85. The number of fused-ring (bicyclic) bond motifs is 1. The third-order valence-corrected chi connectivity index (χ3v) is 3.98. The molecule has 6 nitrogen and oxygen atoms in total. The lowest BCUT2D eigenvalue weighted by molar-refractivity contribution is 0.0427. The molecule has 0 unspecified atom stereocenters. The van der Waals surface area contributed by atoms with Crippen LogP contribution >= 0.6 is 0 Å². The molecular weight excluding hydrogens is 336 g/mol. The van der Waals surface area contributed by atoms with E-state index < -0.39 is 17.8 Å². The van der Waals surface area contributed by atoms with Crippen LogP contribution in [-0.2, 0) is 0 Å². The fourth-order valence-electron chi connectivity index (χ4n) is 2.52. The molecule has 0 aliphatic heterocycles. The summed E-state index contributed by atoms with van der Waals surface area (Å²) >= 11 is 0. The normalized spacial score (nSPS) is 14.1. The minimum absolute atomic E-state index is 0.237. The molecule has 0 aliphatic rings. The first kappa shape index (κ1) is 19.8. The van der Waals surface area contributed by atoms with E-state index in [-0.39, 0.29) is 6.61 Å². The van der Waals surface area contributed by atoms with Gasteiger partial charge in [-0.3, -0.25) is 0 Å². The van der Waals surface area contributed by atoms with Gasteiger partial charge in [-0.15, -0.1) is 0 Å². The van der Waals surface area contributed by atoms with E-state index in [0.717, 1.165) is 11.0 Å². The molecule has 1 heterocycles. The maximum atomic E-state index is 11.4. The van der Waals surface area contributed by atoms with Gasteiger partial charge >= 0.3 is 5.63 Å². The van der Waals surface area contributed by atoms with Gasteiger partial charge in [-0.2, -0.15) is 0 Å².